The van der Waals surface area contributed by atoms with Gasteiger partial charge in [0.15, 0.2) is 5.65 Å². The summed E-state index contributed by atoms with van der Waals surface area (Å²) in [6.07, 6.45) is 5.32. The molecule has 1 fully saturated rings. The van der Waals surface area contributed by atoms with Crippen molar-refractivity contribution < 1.29 is 9.53 Å². The number of likely N-dealkylation sites (N-methyl/N-ethyl adjacent to an activating group) is 1. The third-order valence-corrected chi connectivity index (χ3v) is 5.17. The van der Waals surface area contributed by atoms with E-state index in [-0.39, 0.29) is 23.8 Å². The van der Waals surface area contributed by atoms with Crippen LogP contribution in [0.2, 0.25) is 0 Å². The van der Waals surface area contributed by atoms with Crippen LogP contribution in [0, 0.1) is 0 Å². The molecule has 3 unspecified atom stereocenters. The van der Waals surface area contributed by atoms with Gasteiger partial charge in [0.05, 0.1) is 19.0 Å². The Balaban J connectivity index is 1.61. The van der Waals surface area contributed by atoms with Crippen LogP contribution in [0.4, 0.5) is 5.82 Å². The number of esters is 1. The van der Waals surface area contributed by atoms with Crippen LogP contribution >= 0.6 is 0 Å². The predicted molar refractivity (Wildman–Crippen MR) is 97.0 cm³/mol. The molecular weight excluding hydrogens is 334 g/mol. The highest BCUT2D eigenvalue weighted by Crippen LogP contribution is 2.29. The van der Waals surface area contributed by atoms with E-state index in [1.165, 1.54) is 7.11 Å². The number of hydrogen-bond donors (Lipinski definition) is 2. The molecule has 4 rings (SSSR count). The van der Waals surface area contributed by atoms with Crippen molar-refractivity contribution in [2.75, 3.05) is 33.0 Å². The Morgan fingerprint density at radius 2 is 2.27 bits per heavy atom. The molecule has 2 aliphatic rings. The third-order valence-electron chi connectivity index (χ3n) is 5.17. The number of ether oxygens (including phenoxy) is 1. The maximum atomic E-state index is 11.7. The highest BCUT2D eigenvalue weighted by atomic mass is 16.5. The molecule has 2 aromatic heterocycles. The molecular formula is C17H23N7O2. The monoisotopic (exact) mass is 357 g/mol. The van der Waals surface area contributed by atoms with Gasteiger partial charge in [0.1, 0.15) is 11.9 Å². The van der Waals surface area contributed by atoms with Crippen LogP contribution in [-0.4, -0.2) is 65.1 Å². The highest BCUT2D eigenvalue weighted by Gasteiger charge is 2.29. The van der Waals surface area contributed by atoms with Crippen LogP contribution < -0.4 is 11.1 Å². The maximum Gasteiger partial charge on any atom is 0.322 e. The summed E-state index contributed by atoms with van der Waals surface area (Å²) in [5.41, 5.74) is 8.96. The van der Waals surface area contributed by atoms with Gasteiger partial charge >= 0.3 is 5.97 Å². The molecule has 0 spiro atoms. The minimum atomic E-state index is -0.243. The second-order valence-electron chi connectivity index (χ2n) is 6.91. The first kappa shape index (κ1) is 16.8. The number of fused-ring (bicyclic) bond motifs is 1. The lowest BCUT2D eigenvalue weighted by Crippen LogP contribution is -2.44. The van der Waals surface area contributed by atoms with E-state index in [0.717, 1.165) is 36.3 Å². The van der Waals surface area contributed by atoms with Crippen molar-refractivity contribution in [1.29, 1.82) is 0 Å². The number of anilines is 1. The van der Waals surface area contributed by atoms with Crippen molar-refractivity contribution in [3.8, 4) is 0 Å². The molecule has 0 radical (unpaired) electrons. The first-order chi connectivity index (χ1) is 12.6. The molecule has 0 saturated carbocycles. The Hall–Kier alpha value is -2.68. The molecule has 138 valence electrons. The van der Waals surface area contributed by atoms with E-state index in [2.05, 4.69) is 15.5 Å². The molecule has 0 aromatic carbocycles. The van der Waals surface area contributed by atoms with Crippen molar-refractivity contribution in [3.63, 3.8) is 0 Å². The van der Waals surface area contributed by atoms with Gasteiger partial charge in [-0.25, -0.2) is 4.98 Å². The zero-order valence-corrected chi connectivity index (χ0v) is 14.9. The summed E-state index contributed by atoms with van der Waals surface area (Å²) in [5.74, 6) is 0.711. The summed E-state index contributed by atoms with van der Waals surface area (Å²) in [6.45, 7) is 1.47. The van der Waals surface area contributed by atoms with Gasteiger partial charge in [0.2, 0.25) is 0 Å². The van der Waals surface area contributed by atoms with Gasteiger partial charge in [-0.2, -0.15) is 14.7 Å². The quantitative estimate of drug-likeness (QED) is 0.762. The van der Waals surface area contributed by atoms with Crippen LogP contribution in [-0.2, 0) is 9.53 Å². The molecule has 9 heteroatoms. The number of methoxy groups -OCH3 is 1. The van der Waals surface area contributed by atoms with E-state index in [1.54, 1.807) is 4.52 Å². The van der Waals surface area contributed by atoms with E-state index in [4.69, 9.17) is 15.5 Å². The number of rotatable bonds is 3. The van der Waals surface area contributed by atoms with Crippen molar-refractivity contribution in [3.05, 3.63) is 23.5 Å². The summed E-state index contributed by atoms with van der Waals surface area (Å²) in [6, 6.07) is 1.64. The van der Waals surface area contributed by atoms with Crippen LogP contribution in [0.5, 0.6) is 0 Å². The number of piperidine rings is 1. The summed E-state index contributed by atoms with van der Waals surface area (Å²) in [7, 11) is 3.36. The van der Waals surface area contributed by atoms with Crippen molar-refractivity contribution >= 4 is 23.6 Å². The number of nitrogens with two attached hydrogens (primary N) is 1. The molecule has 4 heterocycles. The second kappa shape index (κ2) is 6.56. The molecule has 0 bridgehead atoms. The number of carbonyl (C=O) groups is 1. The van der Waals surface area contributed by atoms with E-state index >= 15 is 0 Å². The van der Waals surface area contributed by atoms with Gasteiger partial charge < -0.3 is 15.8 Å². The number of nitrogens with zero attached hydrogens (tertiary/aromatic N) is 5. The lowest BCUT2D eigenvalue weighted by molar-refractivity contribution is -0.143. The fourth-order valence-electron chi connectivity index (χ4n) is 3.70. The Bertz CT molecular complexity index is 854. The normalized spacial score (nSPS) is 25.8. The number of hydrazone groups is 1. The number of carbonyl (C=O) groups excluding carboxylic acids is 1. The molecule has 3 N–H and O–H groups in total. The lowest BCUT2D eigenvalue weighted by Gasteiger charge is -2.28. The van der Waals surface area contributed by atoms with Crippen LogP contribution in [0.1, 0.15) is 35.9 Å². The fourth-order valence-corrected chi connectivity index (χ4v) is 3.70. The Morgan fingerprint density at radius 3 is 2.92 bits per heavy atom. The molecule has 0 amide bonds. The van der Waals surface area contributed by atoms with E-state index in [1.807, 2.05) is 30.5 Å². The topological polar surface area (TPSA) is 110 Å². The molecule has 2 aromatic rings. The van der Waals surface area contributed by atoms with E-state index < -0.39 is 0 Å². The number of nitrogens with one attached hydrogen (secondary N) is 1. The third kappa shape index (κ3) is 2.88. The van der Waals surface area contributed by atoms with Gasteiger partial charge in [-0.15, -0.1) is 0 Å². The summed E-state index contributed by atoms with van der Waals surface area (Å²) in [5, 5.41) is 13.9. The second-order valence-corrected chi connectivity index (χ2v) is 6.91. The Morgan fingerprint density at radius 1 is 1.42 bits per heavy atom. The van der Waals surface area contributed by atoms with E-state index in [9.17, 15) is 4.79 Å². The van der Waals surface area contributed by atoms with Gasteiger partial charge in [-0.3, -0.25) is 9.80 Å². The van der Waals surface area contributed by atoms with Crippen molar-refractivity contribution in [1.82, 2.24) is 24.9 Å². The summed E-state index contributed by atoms with van der Waals surface area (Å²) < 4.78 is 6.49. The zero-order chi connectivity index (χ0) is 18.3. The Labute approximate surface area is 151 Å². The standard InChI is InChI=1S/C17H23N7O2/c1-23-9-11(7-20-23)12-8-21-24-15(18)5-14(22-16(12)24)10-3-4-13(19-6-10)17(25)26-2/h5,7-8,10-11,13,19H,3-4,6,9,18H2,1-2H3. The minimum absolute atomic E-state index is 0.160. The van der Waals surface area contributed by atoms with E-state index in [0.29, 0.717) is 12.4 Å². The average molecular weight is 357 g/mol. The van der Waals surface area contributed by atoms with Crippen molar-refractivity contribution in [2.45, 2.75) is 30.7 Å². The Kier molecular flexibility index (Phi) is 4.23. The lowest BCUT2D eigenvalue weighted by atomic mass is 9.91. The summed E-state index contributed by atoms with van der Waals surface area (Å²) in [4.78, 5) is 16.5. The van der Waals surface area contributed by atoms with Crippen LogP contribution in [0.15, 0.2) is 17.4 Å². The molecule has 9 nitrogen and oxygen atoms in total. The SMILES string of the molecule is COC(=O)C1CCC(c2cc(N)n3ncc(C4C=NN(C)C4)c3n2)CN1. The van der Waals surface area contributed by atoms with Crippen LogP contribution in [0.3, 0.4) is 0 Å². The first-order valence-electron chi connectivity index (χ1n) is 8.77. The largest absolute Gasteiger partial charge is 0.468 e. The fraction of sp³-hybridized carbons (Fsp3) is 0.529. The number of hydrogen-bond acceptors (Lipinski definition) is 8. The smallest absolute Gasteiger partial charge is 0.322 e. The van der Waals surface area contributed by atoms with Crippen LogP contribution in [0.25, 0.3) is 5.65 Å². The minimum Gasteiger partial charge on any atom is -0.468 e. The number of aromatic nitrogens is 3. The van der Waals surface area contributed by atoms with Gasteiger partial charge in [-0.05, 0) is 12.8 Å². The maximum absolute atomic E-state index is 11.7. The van der Waals surface area contributed by atoms with Gasteiger partial charge in [-0.1, -0.05) is 0 Å². The average Bonchev–Trinajstić information content (AvgIpc) is 3.27. The molecule has 2 aliphatic heterocycles. The highest BCUT2D eigenvalue weighted by molar-refractivity contribution is 5.76. The summed E-state index contributed by atoms with van der Waals surface area (Å²) >= 11 is 0. The van der Waals surface area contributed by atoms with Gasteiger partial charge in [0.25, 0.3) is 0 Å². The molecule has 3 atom stereocenters. The van der Waals surface area contributed by atoms with Gasteiger partial charge in [0, 0.05) is 49.8 Å². The van der Waals surface area contributed by atoms with Crippen molar-refractivity contribution in [2.24, 2.45) is 5.10 Å². The molecule has 1 saturated heterocycles. The molecule has 26 heavy (non-hydrogen) atoms. The molecule has 0 aliphatic carbocycles. The number of nitrogen functional groups attached to an aromatic ring is 1. The predicted octanol–water partition coefficient (Wildman–Crippen LogP) is 0.335. The first-order valence-corrected chi connectivity index (χ1v) is 8.77. The zero-order valence-electron chi connectivity index (χ0n) is 14.9.